The molecule has 1 aliphatic heterocycles. The van der Waals surface area contributed by atoms with E-state index in [9.17, 15) is 14.3 Å². The number of carbonyl (C=O) groups excluding carboxylic acids is 1. The highest BCUT2D eigenvalue weighted by atomic mass is 19.1. The standard InChI is InChI=1S/C15H11FO3/c16-12-6-3-5-11(8-12)15(18)9-10-4-1-2-7-13(10)14(17)19-15/h1-8,18H,9H2. The number of cyclic esters (lactones) is 1. The molecule has 0 fully saturated rings. The highest BCUT2D eigenvalue weighted by molar-refractivity contribution is 5.92. The van der Waals surface area contributed by atoms with Crippen molar-refractivity contribution in [1.29, 1.82) is 0 Å². The van der Waals surface area contributed by atoms with E-state index in [1.165, 1.54) is 24.3 Å². The number of ether oxygens (including phenoxy) is 1. The van der Waals surface area contributed by atoms with Crippen LogP contribution >= 0.6 is 0 Å². The minimum atomic E-state index is -1.81. The Labute approximate surface area is 109 Å². The van der Waals surface area contributed by atoms with Crippen LogP contribution in [0.4, 0.5) is 4.39 Å². The van der Waals surface area contributed by atoms with Crippen LogP contribution in [0.15, 0.2) is 48.5 Å². The van der Waals surface area contributed by atoms with Gasteiger partial charge in [-0.25, -0.2) is 9.18 Å². The summed E-state index contributed by atoms with van der Waals surface area (Å²) in [6, 6.07) is 12.3. The van der Waals surface area contributed by atoms with Gasteiger partial charge in [0.15, 0.2) is 0 Å². The van der Waals surface area contributed by atoms with Gasteiger partial charge in [0.05, 0.1) is 5.56 Å². The summed E-state index contributed by atoms with van der Waals surface area (Å²) in [6.45, 7) is 0. The lowest BCUT2D eigenvalue weighted by molar-refractivity contribution is -0.177. The highest BCUT2D eigenvalue weighted by Crippen LogP contribution is 2.34. The van der Waals surface area contributed by atoms with Crippen LogP contribution < -0.4 is 0 Å². The molecule has 1 aliphatic rings. The minimum absolute atomic E-state index is 0.109. The van der Waals surface area contributed by atoms with E-state index in [2.05, 4.69) is 0 Å². The van der Waals surface area contributed by atoms with Crippen molar-refractivity contribution in [2.75, 3.05) is 0 Å². The van der Waals surface area contributed by atoms with Gasteiger partial charge < -0.3 is 9.84 Å². The number of rotatable bonds is 1. The fourth-order valence-electron chi connectivity index (χ4n) is 2.27. The maximum absolute atomic E-state index is 13.2. The molecule has 2 aromatic carbocycles. The molecule has 4 heteroatoms. The maximum atomic E-state index is 13.2. The van der Waals surface area contributed by atoms with Crippen LogP contribution in [0.2, 0.25) is 0 Å². The second-order valence-electron chi connectivity index (χ2n) is 4.52. The van der Waals surface area contributed by atoms with Crippen molar-refractivity contribution in [3.8, 4) is 0 Å². The number of hydrogen-bond donors (Lipinski definition) is 1. The Bertz CT molecular complexity index is 653. The number of hydrogen-bond acceptors (Lipinski definition) is 3. The molecule has 0 saturated carbocycles. The number of esters is 1. The Morgan fingerprint density at radius 2 is 1.95 bits per heavy atom. The molecule has 0 aromatic heterocycles. The summed E-state index contributed by atoms with van der Waals surface area (Å²) in [5, 5.41) is 10.5. The van der Waals surface area contributed by atoms with Crippen LogP contribution in [-0.2, 0) is 16.9 Å². The van der Waals surface area contributed by atoms with Gasteiger partial charge in [-0.05, 0) is 23.8 Å². The molecule has 0 radical (unpaired) electrons. The molecule has 1 atom stereocenters. The summed E-state index contributed by atoms with van der Waals surface area (Å²) < 4.78 is 18.3. The second kappa shape index (κ2) is 4.17. The molecule has 0 bridgehead atoms. The van der Waals surface area contributed by atoms with Crippen molar-refractivity contribution in [3.05, 3.63) is 71.0 Å². The molecule has 1 heterocycles. The van der Waals surface area contributed by atoms with E-state index in [0.717, 1.165) is 0 Å². The van der Waals surface area contributed by atoms with Crippen molar-refractivity contribution in [3.63, 3.8) is 0 Å². The number of halogens is 1. The van der Waals surface area contributed by atoms with Gasteiger partial charge in [0, 0.05) is 12.0 Å². The summed E-state index contributed by atoms with van der Waals surface area (Å²) >= 11 is 0. The van der Waals surface area contributed by atoms with Gasteiger partial charge in [-0.2, -0.15) is 0 Å². The summed E-state index contributed by atoms with van der Waals surface area (Å²) in [4.78, 5) is 11.9. The van der Waals surface area contributed by atoms with E-state index in [1.807, 2.05) is 0 Å². The third-order valence-electron chi connectivity index (χ3n) is 3.20. The first kappa shape index (κ1) is 11.9. The molecule has 0 spiro atoms. The van der Waals surface area contributed by atoms with Crippen LogP contribution in [0.5, 0.6) is 0 Å². The van der Waals surface area contributed by atoms with E-state index >= 15 is 0 Å². The highest BCUT2D eigenvalue weighted by Gasteiger charge is 2.40. The average Bonchev–Trinajstić information content (AvgIpc) is 2.38. The van der Waals surface area contributed by atoms with Gasteiger partial charge in [-0.1, -0.05) is 30.3 Å². The Kier molecular flexibility index (Phi) is 2.61. The first-order chi connectivity index (χ1) is 9.08. The van der Waals surface area contributed by atoms with E-state index in [0.29, 0.717) is 11.1 Å². The number of benzene rings is 2. The van der Waals surface area contributed by atoms with Crippen molar-refractivity contribution in [2.24, 2.45) is 0 Å². The molecule has 3 nitrogen and oxygen atoms in total. The normalized spacial score (nSPS) is 21.7. The van der Waals surface area contributed by atoms with Crippen LogP contribution in [0.3, 0.4) is 0 Å². The predicted octanol–water partition coefficient (Wildman–Crippen LogP) is 2.38. The van der Waals surface area contributed by atoms with Crippen LogP contribution in [0.1, 0.15) is 21.5 Å². The molecule has 19 heavy (non-hydrogen) atoms. The van der Waals surface area contributed by atoms with Crippen LogP contribution in [0, 0.1) is 5.82 Å². The van der Waals surface area contributed by atoms with Gasteiger partial charge in [0.25, 0.3) is 0 Å². The largest absolute Gasteiger partial charge is 0.425 e. The Morgan fingerprint density at radius 1 is 1.16 bits per heavy atom. The lowest BCUT2D eigenvalue weighted by atomic mass is 9.92. The molecule has 0 amide bonds. The number of aliphatic hydroxyl groups is 1. The lowest BCUT2D eigenvalue weighted by Gasteiger charge is -2.33. The van der Waals surface area contributed by atoms with Crippen molar-refractivity contribution in [2.45, 2.75) is 12.2 Å². The molecular formula is C15H11FO3. The number of carbonyl (C=O) groups is 1. The third kappa shape index (κ3) is 2.00. The Balaban J connectivity index is 2.06. The molecular weight excluding hydrogens is 247 g/mol. The zero-order chi connectivity index (χ0) is 13.5. The van der Waals surface area contributed by atoms with Gasteiger partial charge in [0.2, 0.25) is 5.79 Å². The average molecular weight is 258 g/mol. The molecule has 0 saturated heterocycles. The Hall–Kier alpha value is -2.20. The fraction of sp³-hybridized carbons (Fsp3) is 0.133. The zero-order valence-corrected chi connectivity index (χ0v) is 9.97. The van der Waals surface area contributed by atoms with Gasteiger partial charge in [0.1, 0.15) is 5.82 Å². The molecule has 1 unspecified atom stereocenters. The predicted molar refractivity (Wildman–Crippen MR) is 65.9 cm³/mol. The first-order valence-corrected chi connectivity index (χ1v) is 5.88. The van der Waals surface area contributed by atoms with Crippen molar-refractivity contribution in [1.82, 2.24) is 0 Å². The van der Waals surface area contributed by atoms with E-state index in [4.69, 9.17) is 4.74 Å². The summed E-state index contributed by atoms with van der Waals surface area (Å²) in [7, 11) is 0. The minimum Gasteiger partial charge on any atom is -0.425 e. The topological polar surface area (TPSA) is 46.5 Å². The fourth-order valence-corrected chi connectivity index (χ4v) is 2.27. The monoisotopic (exact) mass is 258 g/mol. The number of fused-ring (bicyclic) bond motifs is 1. The maximum Gasteiger partial charge on any atom is 0.341 e. The molecule has 3 rings (SSSR count). The van der Waals surface area contributed by atoms with E-state index in [-0.39, 0.29) is 12.0 Å². The van der Waals surface area contributed by atoms with Crippen molar-refractivity contribution >= 4 is 5.97 Å². The second-order valence-corrected chi connectivity index (χ2v) is 4.52. The quantitative estimate of drug-likeness (QED) is 0.799. The van der Waals surface area contributed by atoms with Crippen LogP contribution in [-0.4, -0.2) is 11.1 Å². The van der Waals surface area contributed by atoms with Gasteiger partial charge in [-0.15, -0.1) is 0 Å². The smallest absolute Gasteiger partial charge is 0.341 e. The zero-order valence-electron chi connectivity index (χ0n) is 9.97. The van der Waals surface area contributed by atoms with E-state index < -0.39 is 17.6 Å². The lowest BCUT2D eigenvalue weighted by Crippen LogP contribution is -2.39. The van der Waals surface area contributed by atoms with Crippen molar-refractivity contribution < 1.29 is 19.0 Å². The third-order valence-corrected chi connectivity index (χ3v) is 3.20. The molecule has 1 N–H and O–H groups in total. The van der Waals surface area contributed by atoms with Gasteiger partial charge >= 0.3 is 5.97 Å². The van der Waals surface area contributed by atoms with Crippen LogP contribution in [0.25, 0.3) is 0 Å². The molecule has 0 aliphatic carbocycles. The molecule has 96 valence electrons. The van der Waals surface area contributed by atoms with E-state index in [1.54, 1.807) is 24.3 Å². The summed E-state index contributed by atoms with van der Waals surface area (Å²) in [6.07, 6.45) is 0.109. The van der Waals surface area contributed by atoms with Gasteiger partial charge in [-0.3, -0.25) is 0 Å². The Morgan fingerprint density at radius 3 is 2.74 bits per heavy atom. The summed E-state index contributed by atoms with van der Waals surface area (Å²) in [5.74, 6) is -2.90. The first-order valence-electron chi connectivity index (χ1n) is 5.88. The molecule has 2 aromatic rings. The summed E-state index contributed by atoms with van der Waals surface area (Å²) in [5.41, 5.74) is 1.35. The SMILES string of the molecule is O=C1OC(O)(c2cccc(F)c2)Cc2ccccc21.